The zero-order chi connectivity index (χ0) is 18.7. The Balaban J connectivity index is 2.20. The number of methoxy groups -OCH3 is 1. The van der Waals surface area contributed by atoms with E-state index < -0.39 is 0 Å². The van der Waals surface area contributed by atoms with Gasteiger partial charge >= 0.3 is 0 Å². The summed E-state index contributed by atoms with van der Waals surface area (Å²) in [6.45, 7) is 2.52. The molecule has 1 aromatic carbocycles. The van der Waals surface area contributed by atoms with Crippen molar-refractivity contribution in [3.8, 4) is 22.9 Å². The van der Waals surface area contributed by atoms with Crippen LogP contribution in [0.2, 0.25) is 0 Å². The molecule has 3 N–H and O–H groups in total. The maximum Gasteiger partial charge on any atom is 0.273 e. The molecule has 3 aromatic rings. The second-order valence-electron chi connectivity index (χ2n) is 5.74. The molecule has 2 aromatic heterocycles. The zero-order valence-electron chi connectivity index (χ0n) is 14.6. The minimum Gasteiger partial charge on any atom is -0.496 e. The number of imidazole rings is 1. The highest BCUT2D eigenvalue weighted by Gasteiger charge is 2.20. The minimum atomic E-state index is -0.309. The van der Waals surface area contributed by atoms with Crippen LogP contribution in [0, 0.1) is 11.3 Å². The van der Waals surface area contributed by atoms with E-state index in [-0.39, 0.29) is 17.4 Å². The minimum absolute atomic E-state index is 0.182. The normalized spacial score (nSPS) is 10.5. The maximum atomic E-state index is 12.3. The lowest BCUT2D eigenvalue weighted by molar-refractivity contribution is 0.0950. The van der Waals surface area contributed by atoms with Gasteiger partial charge in [-0.2, -0.15) is 5.26 Å². The van der Waals surface area contributed by atoms with Crippen LogP contribution >= 0.6 is 0 Å². The maximum absolute atomic E-state index is 12.3. The first-order valence-corrected chi connectivity index (χ1v) is 8.24. The molecule has 7 heteroatoms. The number of nitrogens with zero attached hydrogens (tertiary/aromatic N) is 3. The molecule has 0 aliphatic heterocycles. The van der Waals surface area contributed by atoms with Gasteiger partial charge in [-0.3, -0.25) is 9.20 Å². The predicted molar refractivity (Wildman–Crippen MR) is 98.9 cm³/mol. The molecule has 1 amide bonds. The molecule has 0 saturated heterocycles. The molecule has 132 valence electrons. The van der Waals surface area contributed by atoms with Crippen LogP contribution in [0.1, 0.15) is 29.4 Å². The van der Waals surface area contributed by atoms with Gasteiger partial charge < -0.3 is 15.8 Å². The molecular weight excluding hydrogens is 330 g/mol. The van der Waals surface area contributed by atoms with E-state index in [4.69, 9.17) is 10.5 Å². The SMILES string of the molecule is CCCNC(=O)c1nc2c(-c3cc(C#N)ccc3OC)cccn2c1N. The number of nitriles is 1. The summed E-state index contributed by atoms with van der Waals surface area (Å²) >= 11 is 0. The third-order valence-electron chi connectivity index (χ3n) is 4.06. The van der Waals surface area contributed by atoms with Crippen molar-refractivity contribution in [3.63, 3.8) is 0 Å². The molecule has 0 spiro atoms. The summed E-state index contributed by atoms with van der Waals surface area (Å²) in [6, 6.07) is 10.9. The number of benzene rings is 1. The van der Waals surface area contributed by atoms with Crippen LogP contribution in [0.25, 0.3) is 16.8 Å². The molecule has 0 bridgehead atoms. The fourth-order valence-corrected chi connectivity index (χ4v) is 2.77. The second-order valence-corrected chi connectivity index (χ2v) is 5.74. The average Bonchev–Trinajstić information content (AvgIpc) is 3.02. The van der Waals surface area contributed by atoms with Crippen molar-refractivity contribution in [1.82, 2.24) is 14.7 Å². The van der Waals surface area contributed by atoms with Crippen molar-refractivity contribution in [1.29, 1.82) is 5.26 Å². The number of aromatic nitrogens is 2. The van der Waals surface area contributed by atoms with E-state index in [1.54, 1.807) is 35.9 Å². The van der Waals surface area contributed by atoms with E-state index in [9.17, 15) is 10.1 Å². The number of amides is 1. The van der Waals surface area contributed by atoms with Gasteiger partial charge in [0.15, 0.2) is 5.69 Å². The molecule has 7 nitrogen and oxygen atoms in total. The monoisotopic (exact) mass is 349 g/mol. The van der Waals surface area contributed by atoms with Gasteiger partial charge in [-0.1, -0.05) is 6.92 Å². The topological polar surface area (TPSA) is 105 Å². The summed E-state index contributed by atoms with van der Waals surface area (Å²) in [7, 11) is 1.56. The number of anilines is 1. The van der Waals surface area contributed by atoms with Gasteiger partial charge in [0.2, 0.25) is 0 Å². The van der Waals surface area contributed by atoms with Gasteiger partial charge in [-0.15, -0.1) is 0 Å². The van der Waals surface area contributed by atoms with Gasteiger partial charge in [0.1, 0.15) is 17.2 Å². The van der Waals surface area contributed by atoms with Crippen molar-refractivity contribution >= 4 is 17.4 Å². The molecule has 0 saturated carbocycles. The molecule has 3 rings (SSSR count). The first kappa shape index (κ1) is 17.3. The van der Waals surface area contributed by atoms with Crippen molar-refractivity contribution in [3.05, 3.63) is 47.8 Å². The van der Waals surface area contributed by atoms with Crippen LogP contribution in [0.15, 0.2) is 36.5 Å². The number of nitrogen functional groups attached to an aromatic ring is 1. The summed E-state index contributed by atoms with van der Waals surface area (Å²) in [5, 5.41) is 12.0. The van der Waals surface area contributed by atoms with Crippen LogP contribution in [-0.4, -0.2) is 28.9 Å². The third kappa shape index (κ3) is 2.93. The number of ether oxygens (including phenoxy) is 1. The number of carbonyl (C=O) groups excluding carboxylic acids is 1. The molecule has 26 heavy (non-hydrogen) atoms. The molecule has 0 aliphatic rings. The summed E-state index contributed by atoms with van der Waals surface area (Å²) in [5.74, 6) is 0.568. The van der Waals surface area contributed by atoms with Crippen LogP contribution in [0.3, 0.4) is 0 Å². The predicted octanol–water partition coefficient (Wildman–Crippen LogP) is 2.60. The summed E-state index contributed by atoms with van der Waals surface area (Å²) < 4.78 is 7.09. The number of hydrogen-bond acceptors (Lipinski definition) is 5. The van der Waals surface area contributed by atoms with Crippen molar-refractivity contribution in [2.45, 2.75) is 13.3 Å². The molecular formula is C19H19N5O2. The van der Waals surface area contributed by atoms with Crippen molar-refractivity contribution in [2.24, 2.45) is 0 Å². The Morgan fingerprint density at radius 2 is 2.19 bits per heavy atom. The number of nitrogens with two attached hydrogens (primary N) is 1. The highest BCUT2D eigenvalue weighted by Crippen LogP contribution is 2.34. The number of nitrogens with one attached hydrogen (secondary N) is 1. The largest absolute Gasteiger partial charge is 0.496 e. The van der Waals surface area contributed by atoms with Crippen LogP contribution in [0.4, 0.5) is 5.82 Å². The number of hydrogen-bond donors (Lipinski definition) is 2. The van der Waals surface area contributed by atoms with Gasteiger partial charge in [0.05, 0.1) is 18.7 Å². The summed E-state index contributed by atoms with van der Waals surface area (Å²) in [4.78, 5) is 16.8. The first-order valence-electron chi connectivity index (χ1n) is 8.24. The smallest absolute Gasteiger partial charge is 0.273 e. The average molecular weight is 349 g/mol. The number of pyridine rings is 1. The third-order valence-corrected chi connectivity index (χ3v) is 4.06. The van der Waals surface area contributed by atoms with E-state index in [1.165, 1.54) is 0 Å². The highest BCUT2D eigenvalue weighted by molar-refractivity contribution is 5.99. The lowest BCUT2D eigenvalue weighted by Crippen LogP contribution is -2.25. The van der Waals surface area contributed by atoms with Crippen LogP contribution in [-0.2, 0) is 0 Å². The molecule has 0 fully saturated rings. The van der Waals surface area contributed by atoms with E-state index >= 15 is 0 Å². The van der Waals surface area contributed by atoms with Crippen LogP contribution < -0.4 is 15.8 Å². The standard InChI is InChI=1S/C19H19N5O2/c1-3-8-22-19(25)16-17(21)24-9-4-5-13(18(24)23-16)14-10-12(11-20)6-7-15(14)26-2/h4-7,9-10H,3,8,21H2,1-2H3,(H,22,25). The Bertz CT molecular complexity index is 1020. The first-order chi connectivity index (χ1) is 12.6. The highest BCUT2D eigenvalue weighted by atomic mass is 16.5. The fourth-order valence-electron chi connectivity index (χ4n) is 2.77. The van der Waals surface area contributed by atoms with Crippen LogP contribution in [0.5, 0.6) is 5.75 Å². The molecule has 0 radical (unpaired) electrons. The van der Waals surface area contributed by atoms with E-state index in [1.807, 2.05) is 19.1 Å². The summed E-state index contributed by atoms with van der Waals surface area (Å²) in [5.41, 5.74) is 8.79. The molecule has 0 aliphatic carbocycles. The number of fused-ring (bicyclic) bond motifs is 1. The fraction of sp³-hybridized carbons (Fsp3) is 0.211. The molecule has 2 heterocycles. The Morgan fingerprint density at radius 1 is 1.38 bits per heavy atom. The number of rotatable bonds is 5. The Morgan fingerprint density at radius 3 is 2.88 bits per heavy atom. The van der Waals surface area contributed by atoms with E-state index in [0.29, 0.717) is 29.1 Å². The zero-order valence-corrected chi connectivity index (χ0v) is 14.6. The van der Waals surface area contributed by atoms with E-state index in [2.05, 4.69) is 16.4 Å². The van der Waals surface area contributed by atoms with Gasteiger partial charge in [-0.05, 0) is 36.8 Å². The Hall–Kier alpha value is -3.53. The van der Waals surface area contributed by atoms with Gasteiger partial charge in [0.25, 0.3) is 5.91 Å². The van der Waals surface area contributed by atoms with Crippen molar-refractivity contribution in [2.75, 3.05) is 19.4 Å². The lowest BCUT2D eigenvalue weighted by Gasteiger charge is -2.10. The molecule has 0 unspecified atom stereocenters. The second kappa shape index (κ2) is 7.15. The Kier molecular flexibility index (Phi) is 4.76. The quantitative estimate of drug-likeness (QED) is 0.736. The number of carbonyl (C=O) groups is 1. The summed E-state index contributed by atoms with van der Waals surface area (Å²) in [6.07, 6.45) is 2.57. The van der Waals surface area contributed by atoms with Gasteiger partial charge in [0, 0.05) is 23.9 Å². The molecule has 0 atom stereocenters. The Labute approximate surface area is 151 Å². The van der Waals surface area contributed by atoms with Crippen molar-refractivity contribution < 1.29 is 9.53 Å². The van der Waals surface area contributed by atoms with Gasteiger partial charge in [-0.25, -0.2) is 4.98 Å². The lowest BCUT2D eigenvalue weighted by atomic mass is 10.0. The van der Waals surface area contributed by atoms with E-state index in [0.717, 1.165) is 12.0 Å².